The van der Waals surface area contributed by atoms with Crippen molar-refractivity contribution in [1.82, 2.24) is 4.90 Å². The first-order valence-electron chi connectivity index (χ1n) is 5.66. The van der Waals surface area contributed by atoms with Crippen LogP contribution < -0.4 is 0 Å². The normalized spacial score (nSPS) is 23.7. The summed E-state index contributed by atoms with van der Waals surface area (Å²) in [6, 6.07) is 8.80. The van der Waals surface area contributed by atoms with Gasteiger partial charge in [0.2, 0.25) is 5.91 Å². The average Bonchev–Trinajstić information content (AvgIpc) is 2.74. The first kappa shape index (κ1) is 11.6. The van der Waals surface area contributed by atoms with Crippen molar-refractivity contribution in [3.63, 3.8) is 0 Å². The lowest BCUT2D eigenvalue weighted by Crippen LogP contribution is -2.41. The number of carboxylic acids is 1. The van der Waals surface area contributed by atoms with Crippen molar-refractivity contribution < 1.29 is 14.7 Å². The van der Waals surface area contributed by atoms with Crippen LogP contribution in [0.1, 0.15) is 24.8 Å². The zero-order chi connectivity index (χ0) is 12.4. The summed E-state index contributed by atoms with van der Waals surface area (Å²) in [4.78, 5) is 24.2. The highest BCUT2D eigenvalue weighted by Crippen LogP contribution is 2.33. The van der Waals surface area contributed by atoms with E-state index < -0.39 is 12.0 Å². The maximum Gasteiger partial charge on any atom is 0.327 e. The van der Waals surface area contributed by atoms with Crippen LogP contribution in [0.15, 0.2) is 30.3 Å². The third-order valence-corrected chi connectivity index (χ3v) is 3.28. The molecule has 2 rings (SSSR count). The van der Waals surface area contributed by atoms with E-state index in [9.17, 15) is 14.7 Å². The van der Waals surface area contributed by atoms with Crippen molar-refractivity contribution in [3.05, 3.63) is 35.9 Å². The second-order valence-corrected chi connectivity index (χ2v) is 4.30. The van der Waals surface area contributed by atoms with Crippen molar-refractivity contribution in [3.8, 4) is 0 Å². The molecule has 90 valence electrons. The van der Waals surface area contributed by atoms with E-state index in [2.05, 4.69) is 0 Å². The van der Waals surface area contributed by atoms with Crippen LogP contribution in [0.3, 0.4) is 0 Å². The molecule has 1 unspecified atom stereocenters. The van der Waals surface area contributed by atoms with Crippen LogP contribution in [0.5, 0.6) is 0 Å². The Morgan fingerprint density at radius 2 is 1.94 bits per heavy atom. The van der Waals surface area contributed by atoms with Gasteiger partial charge in [-0.15, -0.1) is 0 Å². The van der Waals surface area contributed by atoms with Gasteiger partial charge in [0.15, 0.2) is 0 Å². The second-order valence-electron chi connectivity index (χ2n) is 4.30. The minimum Gasteiger partial charge on any atom is -0.480 e. The summed E-state index contributed by atoms with van der Waals surface area (Å²) in [7, 11) is 0. The van der Waals surface area contributed by atoms with Gasteiger partial charge < -0.3 is 10.0 Å². The fraction of sp³-hybridized carbons (Fsp3) is 0.385. The van der Waals surface area contributed by atoms with Crippen molar-refractivity contribution in [2.45, 2.75) is 25.3 Å². The van der Waals surface area contributed by atoms with Gasteiger partial charge in [-0.2, -0.15) is 0 Å². The van der Waals surface area contributed by atoms with Crippen molar-refractivity contribution >= 4 is 11.9 Å². The summed E-state index contributed by atoms with van der Waals surface area (Å²) >= 11 is 0. The molecule has 1 aliphatic rings. The van der Waals surface area contributed by atoms with Crippen LogP contribution in [-0.2, 0) is 9.59 Å². The molecule has 4 nitrogen and oxygen atoms in total. The summed E-state index contributed by atoms with van der Waals surface area (Å²) in [5.41, 5.74) is 0.989. The Kier molecular flexibility index (Phi) is 3.13. The molecule has 1 aromatic rings. The fourth-order valence-electron chi connectivity index (χ4n) is 2.50. The first-order chi connectivity index (χ1) is 8.11. The molecular weight excluding hydrogens is 218 g/mol. The molecule has 4 heteroatoms. The van der Waals surface area contributed by atoms with Crippen LogP contribution in [-0.4, -0.2) is 34.5 Å². The van der Waals surface area contributed by atoms with Crippen LogP contribution in [0.2, 0.25) is 0 Å². The molecule has 2 atom stereocenters. The van der Waals surface area contributed by atoms with Crippen LogP contribution in [0, 0.1) is 0 Å². The molecule has 1 aromatic carbocycles. The number of benzene rings is 1. The van der Waals surface area contributed by atoms with E-state index in [1.165, 1.54) is 11.8 Å². The maximum absolute atomic E-state index is 11.4. The molecule has 1 amide bonds. The lowest BCUT2D eigenvalue weighted by atomic mass is 9.92. The van der Waals surface area contributed by atoms with E-state index >= 15 is 0 Å². The van der Waals surface area contributed by atoms with E-state index in [1.807, 2.05) is 30.3 Å². The van der Waals surface area contributed by atoms with Gasteiger partial charge in [-0.3, -0.25) is 4.79 Å². The minimum atomic E-state index is -0.924. The van der Waals surface area contributed by atoms with Crippen LogP contribution >= 0.6 is 0 Å². The quantitative estimate of drug-likeness (QED) is 0.841. The largest absolute Gasteiger partial charge is 0.480 e. The fourth-order valence-corrected chi connectivity index (χ4v) is 2.50. The third-order valence-electron chi connectivity index (χ3n) is 3.28. The highest BCUT2D eigenvalue weighted by molar-refractivity contribution is 5.84. The molecule has 1 saturated heterocycles. The molecule has 0 aliphatic carbocycles. The van der Waals surface area contributed by atoms with Gasteiger partial charge in [-0.25, -0.2) is 4.79 Å². The molecule has 17 heavy (non-hydrogen) atoms. The Labute approximate surface area is 99.9 Å². The van der Waals surface area contributed by atoms with E-state index in [1.54, 1.807) is 0 Å². The number of aliphatic carboxylic acids is 1. The lowest BCUT2D eigenvalue weighted by molar-refractivity contribution is -0.147. The zero-order valence-electron chi connectivity index (χ0n) is 9.67. The number of rotatable bonds is 2. The van der Waals surface area contributed by atoms with Crippen molar-refractivity contribution in [2.24, 2.45) is 0 Å². The van der Waals surface area contributed by atoms with Gasteiger partial charge in [0.1, 0.15) is 6.04 Å². The van der Waals surface area contributed by atoms with Gasteiger partial charge in [0.25, 0.3) is 0 Å². The van der Waals surface area contributed by atoms with Crippen molar-refractivity contribution in [1.29, 1.82) is 0 Å². The lowest BCUT2D eigenvalue weighted by Gasteiger charge is -2.23. The molecule has 0 saturated carbocycles. The van der Waals surface area contributed by atoms with E-state index in [4.69, 9.17) is 0 Å². The summed E-state index contributed by atoms with van der Waals surface area (Å²) in [5, 5.41) is 9.27. The second kappa shape index (κ2) is 4.57. The predicted molar refractivity (Wildman–Crippen MR) is 62.6 cm³/mol. The average molecular weight is 233 g/mol. The SMILES string of the molecule is CC(=O)N1CCC(c2ccccc2)[C@H]1C(=O)O. The van der Waals surface area contributed by atoms with E-state index in [-0.39, 0.29) is 11.8 Å². The van der Waals surface area contributed by atoms with Gasteiger partial charge in [0.05, 0.1) is 0 Å². The maximum atomic E-state index is 11.4. The Bertz CT molecular complexity index is 430. The number of hydrogen-bond donors (Lipinski definition) is 1. The highest BCUT2D eigenvalue weighted by atomic mass is 16.4. The Hall–Kier alpha value is -1.84. The number of amides is 1. The smallest absolute Gasteiger partial charge is 0.327 e. The van der Waals surface area contributed by atoms with Gasteiger partial charge in [-0.1, -0.05) is 30.3 Å². The summed E-state index contributed by atoms with van der Waals surface area (Å²) in [6.45, 7) is 1.94. The standard InChI is InChI=1S/C13H15NO3/c1-9(15)14-8-7-11(12(14)13(16)17)10-5-3-2-4-6-10/h2-6,11-12H,7-8H2,1H3,(H,16,17)/t11?,12-/m0/s1. The van der Waals surface area contributed by atoms with Gasteiger partial charge in [-0.05, 0) is 12.0 Å². The topological polar surface area (TPSA) is 57.6 Å². The van der Waals surface area contributed by atoms with E-state index in [0.717, 1.165) is 5.56 Å². The zero-order valence-corrected chi connectivity index (χ0v) is 9.67. The number of hydrogen-bond acceptors (Lipinski definition) is 2. The Balaban J connectivity index is 2.30. The molecular formula is C13H15NO3. The molecule has 1 N–H and O–H groups in total. The molecule has 0 radical (unpaired) electrons. The van der Waals surface area contributed by atoms with Gasteiger partial charge >= 0.3 is 5.97 Å². The summed E-state index contributed by atoms with van der Waals surface area (Å²) < 4.78 is 0. The molecule has 1 fully saturated rings. The monoisotopic (exact) mass is 233 g/mol. The molecule has 0 spiro atoms. The number of likely N-dealkylation sites (tertiary alicyclic amines) is 1. The summed E-state index contributed by atoms with van der Waals surface area (Å²) in [6.07, 6.45) is 0.709. The van der Waals surface area contributed by atoms with E-state index in [0.29, 0.717) is 13.0 Å². The molecule has 1 aliphatic heterocycles. The molecule has 0 bridgehead atoms. The molecule has 1 heterocycles. The number of carbonyl (C=O) groups is 2. The third kappa shape index (κ3) is 2.16. The summed E-state index contributed by atoms with van der Waals surface area (Å²) in [5.74, 6) is -1.19. The van der Waals surface area contributed by atoms with Crippen molar-refractivity contribution in [2.75, 3.05) is 6.54 Å². The van der Waals surface area contributed by atoms with Crippen LogP contribution in [0.4, 0.5) is 0 Å². The number of carbonyl (C=O) groups excluding carboxylic acids is 1. The highest BCUT2D eigenvalue weighted by Gasteiger charge is 2.41. The number of carboxylic acid groups (broad SMARTS) is 1. The first-order valence-corrected chi connectivity index (χ1v) is 5.66. The number of nitrogens with zero attached hydrogens (tertiary/aromatic N) is 1. The predicted octanol–water partition coefficient (Wildman–Crippen LogP) is 1.48. The Morgan fingerprint density at radius 3 is 2.47 bits per heavy atom. The molecule has 0 aromatic heterocycles. The minimum absolute atomic E-state index is 0.0994. The van der Waals surface area contributed by atoms with Crippen LogP contribution in [0.25, 0.3) is 0 Å². The van der Waals surface area contributed by atoms with Gasteiger partial charge in [0, 0.05) is 19.4 Å². The Morgan fingerprint density at radius 1 is 1.29 bits per heavy atom.